The second kappa shape index (κ2) is 9.41. The number of nitrogens with zero attached hydrogens (tertiary/aromatic N) is 2. The highest BCUT2D eigenvalue weighted by atomic mass is 35.5. The molecule has 2 aromatic rings. The van der Waals surface area contributed by atoms with Crippen LogP contribution in [0.4, 0.5) is 0 Å². The summed E-state index contributed by atoms with van der Waals surface area (Å²) in [5.41, 5.74) is 6.53. The minimum absolute atomic E-state index is 0. The first kappa shape index (κ1) is 23.9. The lowest BCUT2D eigenvalue weighted by molar-refractivity contribution is -0.130. The molecule has 0 saturated heterocycles. The normalized spacial score (nSPS) is 12.7. The predicted octanol–water partition coefficient (Wildman–Crippen LogP) is 3.09. The molecule has 0 saturated carbocycles. The smallest absolute Gasteiger partial charge is 0.259 e. The predicted molar refractivity (Wildman–Crippen MR) is 118 cm³/mol. The molecule has 2 heterocycles. The van der Waals surface area contributed by atoms with Gasteiger partial charge in [0.05, 0.1) is 16.4 Å². The minimum Gasteiger partial charge on any atom is -0.344 e. The molecule has 0 aliphatic rings. The fourth-order valence-corrected chi connectivity index (χ4v) is 4.65. The number of hydrogen-bond acceptors (Lipinski definition) is 6. The van der Waals surface area contributed by atoms with E-state index >= 15 is 0 Å². The average molecular weight is 433 g/mol. The Bertz CT molecular complexity index is 863. The molecule has 0 aliphatic carbocycles. The van der Waals surface area contributed by atoms with E-state index < -0.39 is 0 Å². The Balaban J connectivity index is 0.00000364. The third-order valence-electron chi connectivity index (χ3n) is 4.50. The van der Waals surface area contributed by atoms with Gasteiger partial charge in [0.25, 0.3) is 5.56 Å². The molecule has 2 rings (SSSR count). The summed E-state index contributed by atoms with van der Waals surface area (Å²) in [7, 11) is 1.81. The van der Waals surface area contributed by atoms with Gasteiger partial charge in [-0.15, -0.1) is 35.5 Å². The van der Waals surface area contributed by atoms with Crippen molar-refractivity contribution in [3.8, 4) is 0 Å². The molecule has 1 amide bonds. The standard InChI is InChI=1S/C18H28N4O2S2.ClH/c1-10-11(2)26-16-14(10)15(23)20-13(21-16)7-25-12(3)17(24)22(6)9-18(4,5)8-19;/h12H,7-9,19H2,1-6H3,(H,20,21,23);1H. The first-order valence-corrected chi connectivity index (χ1v) is 10.5. The number of fused-ring (bicyclic) bond motifs is 1. The number of aromatic amines is 1. The van der Waals surface area contributed by atoms with Crippen molar-refractivity contribution < 1.29 is 4.79 Å². The third kappa shape index (κ3) is 5.70. The summed E-state index contributed by atoms with van der Waals surface area (Å²) >= 11 is 3.01. The second-order valence-electron chi connectivity index (χ2n) is 7.49. The number of carbonyl (C=O) groups is 1. The molecule has 0 fully saturated rings. The molecule has 3 N–H and O–H groups in total. The number of nitrogens with one attached hydrogen (secondary N) is 1. The highest BCUT2D eigenvalue weighted by Gasteiger charge is 2.24. The van der Waals surface area contributed by atoms with Crippen molar-refractivity contribution in [2.45, 2.75) is 45.6 Å². The second-order valence-corrected chi connectivity index (χ2v) is 10.0. The van der Waals surface area contributed by atoms with Crippen LogP contribution in [-0.4, -0.2) is 46.2 Å². The van der Waals surface area contributed by atoms with Gasteiger partial charge < -0.3 is 15.6 Å². The Kier molecular flexibility index (Phi) is 8.34. The quantitative estimate of drug-likeness (QED) is 0.701. The summed E-state index contributed by atoms with van der Waals surface area (Å²) in [4.78, 5) is 35.9. The maximum absolute atomic E-state index is 12.6. The molecular weight excluding hydrogens is 404 g/mol. The van der Waals surface area contributed by atoms with Crippen LogP contribution in [0.3, 0.4) is 0 Å². The zero-order chi connectivity index (χ0) is 19.6. The van der Waals surface area contributed by atoms with Gasteiger partial charge >= 0.3 is 0 Å². The van der Waals surface area contributed by atoms with Crippen molar-refractivity contribution in [1.29, 1.82) is 0 Å². The van der Waals surface area contributed by atoms with Gasteiger partial charge in [-0.2, -0.15) is 0 Å². The number of carbonyl (C=O) groups excluding carboxylic acids is 1. The van der Waals surface area contributed by atoms with Crippen molar-refractivity contribution in [3.63, 3.8) is 0 Å². The van der Waals surface area contributed by atoms with Gasteiger partial charge in [0.2, 0.25) is 5.91 Å². The van der Waals surface area contributed by atoms with Crippen LogP contribution in [0.2, 0.25) is 0 Å². The van der Waals surface area contributed by atoms with Crippen LogP contribution in [0.25, 0.3) is 10.2 Å². The highest BCUT2D eigenvalue weighted by Crippen LogP contribution is 2.27. The molecule has 27 heavy (non-hydrogen) atoms. The van der Waals surface area contributed by atoms with Gasteiger partial charge in [-0.1, -0.05) is 13.8 Å². The zero-order valence-electron chi connectivity index (χ0n) is 16.7. The van der Waals surface area contributed by atoms with Crippen LogP contribution in [0.1, 0.15) is 37.0 Å². The van der Waals surface area contributed by atoms with Crippen LogP contribution in [-0.2, 0) is 10.5 Å². The molecule has 2 aromatic heterocycles. The molecule has 152 valence electrons. The lowest BCUT2D eigenvalue weighted by atomic mass is 9.93. The van der Waals surface area contributed by atoms with E-state index in [0.717, 1.165) is 15.3 Å². The molecule has 0 bridgehead atoms. The fourth-order valence-electron chi connectivity index (χ4n) is 2.74. The SMILES string of the molecule is Cc1sc2nc(CSC(C)C(=O)N(C)CC(C)(C)CN)[nH]c(=O)c2c1C.Cl. The Morgan fingerprint density at radius 3 is 2.63 bits per heavy atom. The van der Waals surface area contributed by atoms with Gasteiger partial charge in [-0.05, 0) is 38.3 Å². The fraction of sp³-hybridized carbons (Fsp3) is 0.611. The topological polar surface area (TPSA) is 92.1 Å². The number of thioether (sulfide) groups is 1. The largest absolute Gasteiger partial charge is 0.344 e. The molecule has 0 aromatic carbocycles. The number of H-pyrrole nitrogens is 1. The summed E-state index contributed by atoms with van der Waals surface area (Å²) in [5.74, 6) is 1.16. The zero-order valence-corrected chi connectivity index (χ0v) is 19.2. The number of amides is 1. The Hall–Kier alpha value is -1.09. The number of thiophene rings is 1. The minimum atomic E-state index is -0.221. The van der Waals surface area contributed by atoms with Crippen molar-refractivity contribution >= 4 is 51.6 Å². The molecule has 9 heteroatoms. The number of nitrogens with two attached hydrogens (primary N) is 1. The molecule has 1 atom stereocenters. The van der Waals surface area contributed by atoms with Crippen LogP contribution in [0, 0.1) is 19.3 Å². The van der Waals surface area contributed by atoms with E-state index in [2.05, 4.69) is 9.97 Å². The summed E-state index contributed by atoms with van der Waals surface area (Å²) in [6.07, 6.45) is 0. The maximum atomic E-state index is 12.6. The molecule has 0 spiro atoms. The molecule has 0 aliphatic heterocycles. The van der Waals surface area contributed by atoms with E-state index in [1.54, 1.807) is 11.9 Å². The van der Waals surface area contributed by atoms with Crippen LogP contribution >= 0.6 is 35.5 Å². The van der Waals surface area contributed by atoms with Gasteiger partial charge in [0, 0.05) is 18.5 Å². The highest BCUT2D eigenvalue weighted by molar-refractivity contribution is 7.99. The van der Waals surface area contributed by atoms with Crippen molar-refractivity contribution in [1.82, 2.24) is 14.9 Å². The summed E-state index contributed by atoms with van der Waals surface area (Å²) in [6.45, 7) is 11.1. The number of aromatic nitrogens is 2. The Morgan fingerprint density at radius 1 is 1.41 bits per heavy atom. The number of rotatable bonds is 7. The summed E-state index contributed by atoms with van der Waals surface area (Å²) in [5, 5.41) is 0.454. The van der Waals surface area contributed by atoms with E-state index in [4.69, 9.17) is 5.73 Å². The van der Waals surface area contributed by atoms with E-state index in [1.165, 1.54) is 23.1 Å². The van der Waals surface area contributed by atoms with Crippen LogP contribution in [0.15, 0.2) is 4.79 Å². The molecular formula is C18H29ClN4O2S2. The molecule has 0 radical (unpaired) electrons. The average Bonchev–Trinajstić information content (AvgIpc) is 2.86. The summed E-state index contributed by atoms with van der Waals surface area (Å²) in [6, 6.07) is 0. The molecule has 6 nitrogen and oxygen atoms in total. The van der Waals surface area contributed by atoms with E-state index in [9.17, 15) is 9.59 Å². The van der Waals surface area contributed by atoms with E-state index in [0.29, 0.717) is 30.1 Å². The van der Waals surface area contributed by atoms with Gasteiger partial charge in [0.15, 0.2) is 0 Å². The first-order valence-electron chi connectivity index (χ1n) is 8.61. The Morgan fingerprint density at radius 2 is 2.04 bits per heavy atom. The van der Waals surface area contributed by atoms with Crippen LogP contribution < -0.4 is 11.3 Å². The third-order valence-corrected chi connectivity index (χ3v) is 6.74. The van der Waals surface area contributed by atoms with E-state index in [1.807, 2.05) is 34.6 Å². The van der Waals surface area contributed by atoms with Gasteiger partial charge in [-0.25, -0.2) is 4.98 Å². The van der Waals surface area contributed by atoms with Gasteiger partial charge in [0.1, 0.15) is 10.7 Å². The number of hydrogen-bond donors (Lipinski definition) is 2. The lowest BCUT2D eigenvalue weighted by Crippen LogP contribution is -2.42. The van der Waals surface area contributed by atoms with Crippen molar-refractivity contribution in [2.75, 3.05) is 20.1 Å². The lowest BCUT2D eigenvalue weighted by Gasteiger charge is -2.30. The van der Waals surface area contributed by atoms with Crippen molar-refractivity contribution in [3.05, 3.63) is 26.6 Å². The number of halogens is 1. The van der Waals surface area contributed by atoms with Crippen molar-refractivity contribution in [2.24, 2.45) is 11.1 Å². The maximum Gasteiger partial charge on any atom is 0.259 e. The summed E-state index contributed by atoms with van der Waals surface area (Å²) < 4.78 is 0. The molecule has 1 unspecified atom stereocenters. The monoisotopic (exact) mass is 432 g/mol. The van der Waals surface area contributed by atoms with Crippen LogP contribution in [0.5, 0.6) is 0 Å². The number of aryl methyl sites for hydroxylation is 2. The first-order chi connectivity index (χ1) is 12.1. The van der Waals surface area contributed by atoms with E-state index in [-0.39, 0.29) is 34.5 Å². The Labute approximate surface area is 174 Å². The van der Waals surface area contributed by atoms with Gasteiger partial charge in [-0.3, -0.25) is 9.59 Å².